The predicted molar refractivity (Wildman–Crippen MR) is 107 cm³/mol. The molecule has 0 aromatic carbocycles. The number of amides is 2. The van der Waals surface area contributed by atoms with Crippen LogP contribution in [0.4, 0.5) is 0 Å². The van der Waals surface area contributed by atoms with Crippen LogP contribution in [0, 0.1) is 0 Å². The molecule has 1 N–H and O–H groups in total. The van der Waals surface area contributed by atoms with Gasteiger partial charge in [-0.05, 0) is 6.42 Å². The summed E-state index contributed by atoms with van der Waals surface area (Å²) < 4.78 is 31.2. The van der Waals surface area contributed by atoms with Crippen LogP contribution in [0.3, 0.4) is 0 Å². The van der Waals surface area contributed by atoms with Crippen molar-refractivity contribution in [2.75, 3.05) is 6.54 Å². The molecule has 1 fully saturated rings. The molecule has 0 radical (unpaired) electrons. The summed E-state index contributed by atoms with van der Waals surface area (Å²) in [5.41, 5.74) is 0. The number of imide groups is 1. The Morgan fingerprint density at radius 3 is 1.59 bits per heavy atom. The van der Waals surface area contributed by atoms with Gasteiger partial charge in [-0.2, -0.15) is 8.42 Å². The molecule has 0 aliphatic carbocycles. The molecule has 0 aromatic heterocycles. The lowest BCUT2D eigenvalue weighted by Gasteiger charge is -2.14. The quantitative estimate of drug-likeness (QED) is 0.233. The van der Waals surface area contributed by atoms with Crippen molar-refractivity contribution in [3.63, 3.8) is 0 Å². The Hall–Kier alpha value is -0.950. The maximum absolute atomic E-state index is 11.9. The number of rotatable bonds is 16. The van der Waals surface area contributed by atoms with Crippen LogP contribution in [0.5, 0.6) is 0 Å². The molecule has 158 valence electrons. The molecule has 1 aliphatic rings. The first-order valence-corrected chi connectivity index (χ1v) is 12.2. The van der Waals surface area contributed by atoms with Gasteiger partial charge in [-0.1, -0.05) is 90.4 Å². The second-order valence-corrected chi connectivity index (χ2v) is 9.29. The van der Waals surface area contributed by atoms with Crippen molar-refractivity contribution in [1.29, 1.82) is 0 Å². The third-order valence-electron chi connectivity index (χ3n) is 5.30. The van der Waals surface area contributed by atoms with Gasteiger partial charge in [0.25, 0.3) is 16.0 Å². The van der Waals surface area contributed by atoms with Gasteiger partial charge in [-0.15, -0.1) is 0 Å². The first-order chi connectivity index (χ1) is 12.9. The lowest BCUT2D eigenvalue weighted by molar-refractivity contribution is -0.138. The lowest BCUT2D eigenvalue weighted by atomic mass is 10.0. The second-order valence-electron chi connectivity index (χ2n) is 7.69. The van der Waals surface area contributed by atoms with Crippen molar-refractivity contribution >= 4 is 21.9 Å². The smallest absolute Gasteiger partial charge is 0.277 e. The lowest BCUT2D eigenvalue weighted by Crippen LogP contribution is -2.35. The maximum atomic E-state index is 11.9. The fourth-order valence-corrected chi connectivity index (χ4v) is 4.32. The summed E-state index contributed by atoms with van der Waals surface area (Å²) in [5.74, 6) is -1.28. The average Bonchev–Trinajstić information content (AvgIpc) is 2.90. The van der Waals surface area contributed by atoms with Gasteiger partial charge in [0.15, 0.2) is 5.25 Å². The summed E-state index contributed by atoms with van der Waals surface area (Å²) >= 11 is 0. The van der Waals surface area contributed by atoms with Crippen LogP contribution in [0.1, 0.15) is 103 Å². The first-order valence-electron chi connectivity index (χ1n) is 10.7. The van der Waals surface area contributed by atoms with Crippen molar-refractivity contribution in [3.8, 4) is 0 Å². The molecular weight excluding hydrogens is 366 g/mol. The van der Waals surface area contributed by atoms with E-state index in [0.29, 0.717) is 6.42 Å². The van der Waals surface area contributed by atoms with Crippen LogP contribution in [0.2, 0.25) is 0 Å². The number of hydrogen-bond acceptors (Lipinski definition) is 4. The summed E-state index contributed by atoms with van der Waals surface area (Å²) in [5, 5.41) is -1.60. The highest BCUT2D eigenvalue weighted by Crippen LogP contribution is 2.20. The summed E-state index contributed by atoms with van der Waals surface area (Å²) in [6.07, 6.45) is 16.7. The van der Waals surface area contributed by atoms with E-state index in [1.54, 1.807) is 0 Å². The Kier molecular flexibility index (Phi) is 11.8. The number of nitrogens with zero attached hydrogens (tertiary/aromatic N) is 1. The van der Waals surface area contributed by atoms with Crippen molar-refractivity contribution in [1.82, 2.24) is 4.90 Å². The van der Waals surface area contributed by atoms with Crippen LogP contribution >= 0.6 is 0 Å². The third kappa shape index (κ3) is 9.70. The largest absolute Gasteiger partial charge is 0.285 e. The predicted octanol–water partition coefficient (Wildman–Crippen LogP) is 4.48. The first kappa shape index (κ1) is 24.1. The zero-order valence-electron chi connectivity index (χ0n) is 16.8. The van der Waals surface area contributed by atoms with Gasteiger partial charge in [0.1, 0.15) is 0 Å². The Balaban J connectivity index is 1.96. The molecule has 6 nitrogen and oxygen atoms in total. The van der Waals surface area contributed by atoms with Crippen LogP contribution in [0.25, 0.3) is 0 Å². The van der Waals surface area contributed by atoms with E-state index in [1.165, 1.54) is 64.2 Å². The van der Waals surface area contributed by atoms with Gasteiger partial charge in [0, 0.05) is 6.54 Å². The van der Waals surface area contributed by atoms with E-state index >= 15 is 0 Å². The number of carbonyl (C=O) groups is 2. The molecule has 0 spiro atoms. The fraction of sp³-hybridized carbons (Fsp3) is 0.900. The van der Waals surface area contributed by atoms with E-state index in [4.69, 9.17) is 4.55 Å². The highest BCUT2D eigenvalue weighted by molar-refractivity contribution is 7.87. The van der Waals surface area contributed by atoms with Gasteiger partial charge in [0.2, 0.25) is 5.91 Å². The second kappa shape index (κ2) is 13.3. The minimum Gasteiger partial charge on any atom is -0.285 e. The van der Waals surface area contributed by atoms with Crippen LogP contribution in [0.15, 0.2) is 0 Å². The molecule has 1 unspecified atom stereocenters. The molecule has 27 heavy (non-hydrogen) atoms. The standard InChI is InChI=1S/C20H37NO5S/c1-2-3-4-5-6-7-8-9-10-11-12-13-14-15-16-21-19(22)17-18(20(21)23)27(24,25)26/h18H,2-17H2,1H3,(H,24,25,26). The number of likely N-dealkylation sites (tertiary alicyclic amines) is 1. The van der Waals surface area contributed by atoms with E-state index < -0.39 is 33.6 Å². The summed E-state index contributed by atoms with van der Waals surface area (Å²) in [6, 6.07) is 0. The molecule has 0 saturated carbocycles. The van der Waals surface area contributed by atoms with Crippen molar-refractivity contribution in [2.24, 2.45) is 0 Å². The number of unbranched alkanes of at least 4 members (excludes halogenated alkanes) is 13. The SMILES string of the molecule is CCCCCCCCCCCCCCCCN1C(=O)CC(S(=O)(=O)O)C1=O. The zero-order valence-corrected chi connectivity index (χ0v) is 17.6. The summed E-state index contributed by atoms with van der Waals surface area (Å²) in [7, 11) is -4.49. The monoisotopic (exact) mass is 403 g/mol. The Labute approximate surface area is 164 Å². The molecule has 1 aliphatic heterocycles. The van der Waals surface area contributed by atoms with Gasteiger partial charge < -0.3 is 0 Å². The highest BCUT2D eigenvalue weighted by atomic mass is 32.2. The minimum absolute atomic E-state index is 0.252. The average molecular weight is 404 g/mol. The van der Waals surface area contributed by atoms with Crippen molar-refractivity contribution in [3.05, 3.63) is 0 Å². The Bertz CT molecular complexity index is 547. The van der Waals surface area contributed by atoms with E-state index in [-0.39, 0.29) is 6.54 Å². The molecule has 0 aromatic rings. The molecule has 1 heterocycles. The summed E-state index contributed by atoms with van der Waals surface area (Å²) in [6.45, 7) is 2.49. The van der Waals surface area contributed by atoms with E-state index in [1.807, 2.05) is 0 Å². The van der Waals surface area contributed by atoms with E-state index in [2.05, 4.69) is 6.92 Å². The number of carbonyl (C=O) groups excluding carboxylic acids is 2. The van der Waals surface area contributed by atoms with Crippen LogP contribution in [-0.2, 0) is 19.7 Å². The molecule has 2 amide bonds. The van der Waals surface area contributed by atoms with E-state index in [9.17, 15) is 18.0 Å². The minimum atomic E-state index is -4.49. The topological polar surface area (TPSA) is 91.8 Å². The normalized spacial score (nSPS) is 17.9. The van der Waals surface area contributed by atoms with E-state index in [0.717, 1.165) is 24.2 Å². The fourth-order valence-electron chi connectivity index (χ4n) is 3.58. The Morgan fingerprint density at radius 1 is 0.815 bits per heavy atom. The Morgan fingerprint density at radius 2 is 1.22 bits per heavy atom. The van der Waals surface area contributed by atoms with Crippen LogP contribution in [-0.4, -0.2) is 41.5 Å². The third-order valence-corrected chi connectivity index (χ3v) is 6.38. The highest BCUT2D eigenvalue weighted by Gasteiger charge is 2.45. The van der Waals surface area contributed by atoms with Crippen LogP contribution < -0.4 is 0 Å². The maximum Gasteiger partial charge on any atom is 0.277 e. The molecule has 1 atom stereocenters. The van der Waals surface area contributed by atoms with Gasteiger partial charge in [-0.25, -0.2) is 0 Å². The molecule has 7 heteroatoms. The van der Waals surface area contributed by atoms with Crippen molar-refractivity contribution < 1.29 is 22.6 Å². The zero-order chi connectivity index (χ0) is 20.1. The summed E-state index contributed by atoms with van der Waals surface area (Å²) in [4.78, 5) is 24.6. The van der Waals surface area contributed by atoms with Gasteiger partial charge >= 0.3 is 0 Å². The van der Waals surface area contributed by atoms with Gasteiger partial charge in [0.05, 0.1) is 6.42 Å². The van der Waals surface area contributed by atoms with Crippen molar-refractivity contribution in [2.45, 2.75) is 108 Å². The molecule has 1 saturated heterocycles. The number of hydrogen-bond donors (Lipinski definition) is 1. The van der Waals surface area contributed by atoms with Gasteiger partial charge in [-0.3, -0.25) is 19.0 Å². The molecular formula is C20H37NO5S. The molecule has 0 bridgehead atoms. The molecule has 1 rings (SSSR count).